The largest absolute Gasteiger partial charge is 0.481 e. The highest BCUT2D eigenvalue weighted by Gasteiger charge is 2.24. The van der Waals surface area contributed by atoms with Crippen LogP contribution in [0.4, 0.5) is 0 Å². The van der Waals surface area contributed by atoms with Crippen LogP contribution in [0, 0.1) is 5.92 Å². The predicted octanol–water partition coefficient (Wildman–Crippen LogP) is 1.86. The van der Waals surface area contributed by atoms with Gasteiger partial charge in [0.2, 0.25) is 0 Å². The topological polar surface area (TPSA) is 70.5 Å². The molecule has 0 bridgehead atoms. The molecule has 1 aromatic rings. The second-order valence-electron chi connectivity index (χ2n) is 4.54. The van der Waals surface area contributed by atoms with E-state index in [4.69, 9.17) is 5.11 Å². The van der Waals surface area contributed by atoms with E-state index in [1.807, 2.05) is 4.90 Å². The summed E-state index contributed by atoms with van der Waals surface area (Å²) in [5, 5.41) is 10.4. The quantitative estimate of drug-likeness (QED) is 0.904. The van der Waals surface area contributed by atoms with Crippen LogP contribution >= 0.6 is 11.3 Å². The molecule has 5 nitrogen and oxygen atoms in total. The highest BCUT2D eigenvalue weighted by atomic mass is 32.1. The number of carboxylic acid groups (broad SMARTS) is 1. The monoisotopic (exact) mass is 268 g/mol. The normalized spacial score (nSPS) is 16.8. The van der Waals surface area contributed by atoms with Crippen molar-refractivity contribution in [1.29, 1.82) is 0 Å². The Bertz CT molecular complexity index is 411. The lowest BCUT2D eigenvalue weighted by Gasteiger charge is -2.31. The fraction of sp³-hybridized carbons (Fsp3) is 0.583. The van der Waals surface area contributed by atoms with Crippen molar-refractivity contribution in [2.45, 2.75) is 25.7 Å². The van der Waals surface area contributed by atoms with Gasteiger partial charge in [-0.15, -0.1) is 11.3 Å². The first kappa shape index (κ1) is 13.0. The van der Waals surface area contributed by atoms with E-state index in [-0.39, 0.29) is 12.3 Å². The maximum atomic E-state index is 12.0. The van der Waals surface area contributed by atoms with E-state index in [0.717, 1.165) is 12.8 Å². The van der Waals surface area contributed by atoms with Crippen molar-refractivity contribution in [3.8, 4) is 0 Å². The molecule has 2 heterocycles. The summed E-state index contributed by atoms with van der Waals surface area (Å²) in [5.41, 5.74) is 2.18. The molecule has 1 amide bonds. The standard InChI is InChI=1S/C12H16N2O3S/c15-11(16)2-1-9-3-5-14(6-4-9)12(17)10-7-18-8-13-10/h7-9H,1-6H2,(H,15,16). The summed E-state index contributed by atoms with van der Waals surface area (Å²) >= 11 is 1.42. The first-order chi connectivity index (χ1) is 8.66. The number of aromatic nitrogens is 1. The van der Waals surface area contributed by atoms with Crippen molar-refractivity contribution in [3.63, 3.8) is 0 Å². The van der Waals surface area contributed by atoms with Crippen LogP contribution in [0.15, 0.2) is 10.9 Å². The number of rotatable bonds is 4. The second-order valence-corrected chi connectivity index (χ2v) is 5.26. The van der Waals surface area contributed by atoms with Crippen LogP contribution in [0.3, 0.4) is 0 Å². The second kappa shape index (κ2) is 5.95. The Hall–Kier alpha value is -1.43. The molecule has 0 radical (unpaired) electrons. The maximum absolute atomic E-state index is 12.0. The third kappa shape index (κ3) is 3.29. The molecular formula is C12H16N2O3S. The van der Waals surface area contributed by atoms with Crippen LogP contribution < -0.4 is 0 Å². The zero-order chi connectivity index (χ0) is 13.0. The average Bonchev–Trinajstić information content (AvgIpc) is 2.90. The van der Waals surface area contributed by atoms with Crippen molar-refractivity contribution in [2.75, 3.05) is 13.1 Å². The average molecular weight is 268 g/mol. The Morgan fingerprint density at radius 1 is 1.44 bits per heavy atom. The molecule has 0 atom stereocenters. The number of thiazole rings is 1. The van der Waals surface area contributed by atoms with Gasteiger partial charge in [-0.3, -0.25) is 9.59 Å². The smallest absolute Gasteiger partial charge is 0.303 e. The first-order valence-corrected chi connectivity index (χ1v) is 7.00. The lowest BCUT2D eigenvalue weighted by atomic mass is 9.92. The molecule has 0 aromatic carbocycles. The summed E-state index contributed by atoms with van der Waals surface area (Å²) in [6, 6.07) is 0. The number of carboxylic acids is 1. The summed E-state index contributed by atoms with van der Waals surface area (Å²) in [5.74, 6) is -0.315. The van der Waals surface area contributed by atoms with Gasteiger partial charge in [-0.05, 0) is 25.2 Å². The Morgan fingerprint density at radius 3 is 2.72 bits per heavy atom. The van der Waals surface area contributed by atoms with Crippen LogP contribution in [0.1, 0.15) is 36.2 Å². The SMILES string of the molecule is O=C(O)CCC1CCN(C(=O)c2cscn2)CC1. The van der Waals surface area contributed by atoms with E-state index < -0.39 is 5.97 Å². The van der Waals surface area contributed by atoms with E-state index in [1.165, 1.54) is 11.3 Å². The van der Waals surface area contributed by atoms with E-state index in [1.54, 1.807) is 10.9 Å². The Balaban J connectivity index is 1.80. The molecule has 1 saturated heterocycles. The van der Waals surface area contributed by atoms with Gasteiger partial charge in [-0.25, -0.2) is 4.98 Å². The van der Waals surface area contributed by atoms with Crippen molar-refractivity contribution in [1.82, 2.24) is 9.88 Å². The fourth-order valence-electron chi connectivity index (χ4n) is 2.23. The van der Waals surface area contributed by atoms with Crippen molar-refractivity contribution in [2.24, 2.45) is 5.92 Å². The van der Waals surface area contributed by atoms with Crippen LogP contribution in [0.5, 0.6) is 0 Å². The van der Waals surface area contributed by atoms with Crippen LogP contribution in [-0.4, -0.2) is 40.0 Å². The van der Waals surface area contributed by atoms with Crippen LogP contribution in [0.2, 0.25) is 0 Å². The van der Waals surface area contributed by atoms with E-state index >= 15 is 0 Å². The number of nitrogens with zero attached hydrogens (tertiary/aromatic N) is 2. The molecule has 0 saturated carbocycles. The number of aliphatic carboxylic acids is 1. The van der Waals surface area contributed by atoms with Gasteiger partial charge < -0.3 is 10.0 Å². The fourth-order valence-corrected chi connectivity index (χ4v) is 2.76. The minimum absolute atomic E-state index is 0.00654. The molecule has 1 aliphatic heterocycles. The number of hydrogen-bond donors (Lipinski definition) is 1. The summed E-state index contributed by atoms with van der Waals surface area (Å²) in [6.07, 6.45) is 2.73. The predicted molar refractivity (Wildman–Crippen MR) is 67.6 cm³/mol. The van der Waals surface area contributed by atoms with Gasteiger partial charge in [0.1, 0.15) is 5.69 Å². The minimum atomic E-state index is -0.740. The number of amides is 1. The molecule has 0 aliphatic carbocycles. The third-order valence-electron chi connectivity index (χ3n) is 3.32. The van der Waals surface area contributed by atoms with Gasteiger partial charge in [0.15, 0.2) is 0 Å². The number of piperidine rings is 1. The molecule has 0 unspecified atom stereocenters. The summed E-state index contributed by atoms with van der Waals surface area (Å²) < 4.78 is 0. The summed E-state index contributed by atoms with van der Waals surface area (Å²) in [7, 11) is 0. The third-order valence-corrected chi connectivity index (χ3v) is 3.91. The Labute approximate surface area is 109 Å². The first-order valence-electron chi connectivity index (χ1n) is 6.06. The number of hydrogen-bond acceptors (Lipinski definition) is 4. The molecule has 98 valence electrons. The number of carbonyl (C=O) groups is 2. The summed E-state index contributed by atoms with van der Waals surface area (Å²) in [4.78, 5) is 28.3. The molecule has 1 fully saturated rings. The van der Waals surface area contributed by atoms with Gasteiger partial charge in [-0.1, -0.05) is 0 Å². The zero-order valence-corrected chi connectivity index (χ0v) is 10.9. The van der Waals surface area contributed by atoms with Gasteiger partial charge in [0.25, 0.3) is 5.91 Å². The van der Waals surface area contributed by atoms with Gasteiger partial charge in [-0.2, -0.15) is 0 Å². The van der Waals surface area contributed by atoms with E-state index in [9.17, 15) is 9.59 Å². The van der Waals surface area contributed by atoms with Crippen LogP contribution in [0.25, 0.3) is 0 Å². The van der Waals surface area contributed by atoms with Crippen molar-refractivity contribution < 1.29 is 14.7 Å². The van der Waals surface area contributed by atoms with E-state index in [0.29, 0.717) is 31.1 Å². The molecule has 2 rings (SSSR count). The Kier molecular flexibility index (Phi) is 4.30. The van der Waals surface area contributed by atoms with Gasteiger partial charge in [0.05, 0.1) is 5.51 Å². The van der Waals surface area contributed by atoms with Gasteiger partial charge in [0, 0.05) is 24.9 Å². The zero-order valence-electron chi connectivity index (χ0n) is 10.0. The lowest BCUT2D eigenvalue weighted by Crippen LogP contribution is -2.38. The lowest BCUT2D eigenvalue weighted by molar-refractivity contribution is -0.137. The molecule has 18 heavy (non-hydrogen) atoms. The molecule has 1 aromatic heterocycles. The maximum Gasteiger partial charge on any atom is 0.303 e. The summed E-state index contributed by atoms with van der Waals surface area (Å²) in [6.45, 7) is 1.42. The molecule has 6 heteroatoms. The molecule has 1 N–H and O–H groups in total. The minimum Gasteiger partial charge on any atom is -0.481 e. The Morgan fingerprint density at radius 2 is 2.17 bits per heavy atom. The number of carbonyl (C=O) groups excluding carboxylic acids is 1. The van der Waals surface area contributed by atoms with Crippen molar-refractivity contribution in [3.05, 3.63) is 16.6 Å². The van der Waals surface area contributed by atoms with Crippen molar-refractivity contribution >= 4 is 23.2 Å². The molecular weight excluding hydrogens is 252 g/mol. The highest BCUT2D eigenvalue weighted by molar-refractivity contribution is 7.07. The highest BCUT2D eigenvalue weighted by Crippen LogP contribution is 2.23. The molecule has 0 spiro atoms. The molecule has 1 aliphatic rings. The number of likely N-dealkylation sites (tertiary alicyclic amines) is 1. The van der Waals surface area contributed by atoms with Crippen LogP contribution in [-0.2, 0) is 4.79 Å². The van der Waals surface area contributed by atoms with Gasteiger partial charge >= 0.3 is 5.97 Å². The van der Waals surface area contributed by atoms with E-state index in [2.05, 4.69) is 4.98 Å².